The molecular weight excluding hydrogens is 316 g/mol. The van der Waals surface area contributed by atoms with Crippen LogP contribution in [0.25, 0.3) is 0 Å². The van der Waals surface area contributed by atoms with Gasteiger partial charge in [0.15, 0.2) is 6.61 Å². The molecule has 2 rings (SSSR count). The van der Waals surface area contributed by atoms with Gasteiger partial charge in [0, 0.05) is 24.7 Å². The van der Waals surface area contributed by atoms with E-state index in [1.54, 1.807) is 12.1 Å². The lowest BCUT2D eigenvalue weighted by molar-refractivity contribution is -0.141. The Morgan fingerprint density at radius 2 is 2.26 bits per heavy atom. The third kappa shape index (κ3) is 5.68. The quantitative estimate of drug-likeness (QED) is 0.796. The van der Waals surface area contributed by atoms with E-state index in [4.69, 9.17) is 21.1 Å². The van der Waals surface area contributed by atoms with E-state index in [0.29, 0.717) is 30.5 Å². The predicted octanol–water partition coefficient (Wildman–Crippen LogP) is 2.21. The summed E-state index contributed by atoms with van der Waals surface area (Å²) in [5.74, 6) is 0.692. The average Bonchev–Trinajstić information content (AvgIpc) is 2.52. The first kappa shape index (κ1) is 18.0. The van der Waals surface area contributed by atoms with Gasteiger partial charge in [0.1, 0.15) is 5.75 Å². The lowest BCUT2D eigenvalue weighted by atomic mass is 10.2. The highest BCUT2D eigenvalue weighted by atomic mass is 35.5. The first-order valence-electron chi connectivity index (χ1n) is 7.89. The number of benzene rings is 1. The van der Waals surface area contributed by atoms with Gasteiger partial charge in [-0.3, -0.25) is 4.79 Å². The Morgan fingerprint density at radius 3 is 2.96 bits per heavy atom. The van der Waals surface area contributed by atoms with E-state index in [9.17, 15) is 4.79 Å². The second-order valence-corrected chi connectivity index (χ2v) is 6.56. The van der Waals surface area contributed by atoms with Gasteiger partial charge in [-0.25, -0.2) is 0 Å². The third-order valence-corrected chi connectivity index (χ3v) is 4.11. The van der Waals surface area contributed by atoms with Crippen LogP contribution in [0.4, 0.5) is 0 Å². The molecule has 128 valence electrons. The Morgan fingerprint density at radius 1 is 1.48 bits per heavy atom. The van der Waals surface area contributed by atoms with Crippen molar-refractivity contribution < 1.29 is 14.3 Å². The molecule has 0 aromatic heterocycles. The smallest absolute Gasteiger partial charge is 0.260 e. The number of morpholine rings is 1. The summed E-state index contributed by atoms with van der Waals surface area (Å²) in [6.07, 6.45) is 1.03. The molecule has 23 heavy (non-hydrogen) atoms. The predicted molar refractivity (Wildman–Crippen MR) is 91.2 cm³/mol. The Bertz CT molecular complexity index is 537. The lowest BCUT2D eigenvalue weighted by Crippen LogP contribution is -2.47. The Kier molecular flexibility index (Phi) is 6.69. The Hall–Kier alpha value is -1.30. The number of ether oxygens (including phenoxy) is 2. The Balaban J connectivity index is 1.82. The molecule has 1 heterocycles. The van der Waals surface area contributed by atoms with E-state index in [1.165, 1.54) is 0 Å². The minimum Gasteiger partial charge on any atom is -0.483 e. The first-order valence-corrected chi connectivity index (χ1v) is 8.26. The number of halogens is 1. The summed E-state index contributed by atoms with van der Waals surface area (Å²) in [5.41, 5.74) is 0.927. The molecule has 1 aliphatic heterocycles. The van der Waals surface area contributed by atoms with Crippen LogP contribution in [0, 0.1) is 6.92 Å². The zero-order chi connectivity index (χ0) is 16.8. The van der Waals surface area contributed by atoms with Crippen LogP contribution in [-0.2, 0) is 9.53 Å². The number of carbonyl (C=O) groups is 1. The normalized spacial score (nSPS) is 18.3. The van der Waals surface area contributed by atoms with Crippen LogP contribution in [0.5, 0.6) is 5.75 Å². The molecular formula is C17H25ClN2O3. The van der Waals surface area contributed by atoms with Crippen LogP contribution in [-0.4, -0.2) is 68.8 Å². The molecule has 0 saturated carbocycles. The molecule has 1 fully saturated rings. The van der Waals surface area contributed by atoms with Gasteiger partial charge < -0.3 is 19.3 Å². The maximum absolute atomic E-state index is 12.3. The van der Waals surface area contributed by atoms with Crippen molar-refractivity contribution in [2.24, 2.45) is 0 Å². The first-order chi connectivity index (χ1) is 11.0. The molecule has 0 radical (unpaired) electrons. The van der Waals surface area contributed by atoms with Crippen molar-refractivity contribution in [3.63, 3.8) is 0 Å². The minimum atomic E-state index is -0.00231. The summed E-state index contributed by atoms with van der Waals surface area (Å²) in [6.45, 7) is 4.76. The number of amides is 1. The van der Waals surface area contributed by atoms with Crippen molar-refractivity contribution in [1.29, 1.82) is 0 Å². The van der Waals surface area contributed by atoms with Gasteiger partial charge >= 0.3 is 0 Å². The number of nitrogens with zero attached hydrogens (tertiary/aromatic N) is 2. The molecule has 0 bridgehead atoms. The van der Waals surface area contributed by atoms with Crippen LogP contribution < -0.4 is 4.74 Å². The fourth-order valence-corrected chi connectivity index (χ4v) is 2.75. The van der Waals surface area contributed by atoms with Crippen molar-refractivity contribution >= 4 is 17.5 Å². The van der Waals surface area contributed by atoms with Crippen LogP contribution in [0.15, 0.2) is 18.2 Å². The number of carbonyl (C=O) groups excluding carboxylic acids is 1. The topological polar surface area (TPSA) is 42.0 Å². The largest absolute Gasteiger partial charge is 0.483 e. The molecule has 0 N–H and O–H groups in total. The van der Waals surface area contributed by atoms with E-state index in [0.717, 1.165) is 18.5 Å². The van der Waals surface area contributed by atoms with Gasteiger partial charge in [-0.05, 0) is 51.2 Å². The zero-order valence-corrected chi connectivity index (χ0v) is 14.8. The molecule has 1 atom stereocenters. The summed E-state index contributed by atoms with van der Waals surface area (Å²) in [7, 11) is 4.07. The van der Waals surface area contributed by atoms with Gasteiger partial charge in [0.25, 0.3) is 5.91 Å². The van der Waals surface area contributed by atoms with Crippen molar-refractivity contribution in [3.8, 4) is 5.75 Å². The molecule has 1 aromatic carbocycles. The van der Waals surface area contributed by atoms with Crippen molar-refractivity contribution in [2.45, 2.75) is 19.4 Å². The van der Waals surface area contributed by atoms with Crippen LogP contribution in [0.3, 0.4) is 0 Å². The summed E-state index contributed by atoms with van der Waals surface area (Å²) in [5, 5.41) is 0.665. The van der Waals surface area contributed by atoms with Crippen LogP contribution in [0.1, 0.15) is 12.0 Å². The summed E-state index contributed by atoms with van der Waals surface area (Å²) >= 11 is 5.92. The summed E-state index contributed by atoms with van der Waals surface area (Å²) in [6, 6.07) is 5.39. The van der Waals surface area contributed by atoms with E-state index in [-0.39, 0.29) is 18.6 Å². The van der Waals surface area contributed by atoms with Gasteiger partial charge in [-0.1, -0.05) is 11.6 Å². The van der Waals surface area contributed by atoms with Crippen LogP contribution >= 0.6 is 11.6 Å². The fraction of sp³-hybridized carbons (Fsp3) is 0.588. The van der Waals surface area contributed by atoms with Gasteiger partial charge in [0.05, 0.1) is 12.7 Å². The molecule has 0 unspecified atom stereocenters. The Labute approximate surface area is 143 Å². The lowest BCUT2D eigenvalue weighted by Gasteiger charge is -2.33. The zero-order valence-electron chi connectivity index (χ0n) is 14.0. The monoisotopic (exact) mass is 340 g/mol. The van der Waals surface area contributed by atoms with Gasteiger partial charge in [-0.15, -0.1) is 0 Å². The molecule has 1 saturated heterocycles. The maximum atomic E-state index is 12.3. The van der Waals surface area contributed by atoms with E-state index >= 15 is 0 Å². The molecule has 0 aliphatic carbocycles. The van der Waals surface area contributed by atoms with Gasteiger partial charge in [0.2, 0.25) is 0 Å². The molecule has 1 aliphatic rings. The van der Waals surface area contributed by atoms with E-state index < -0.39 is 0 Å². The number of hydrogen-bond acceptors (Lipinski definition) is 4. The van der Waals surface area contributed by atoms with Crippen LogP contribution in [0.2, 0.25) is 5.02 Å². The summed E-state index contributed by atoms with van der Waals surface area (Å²) in [4.78, 5) is 16.3. The molecule has 1 aromatic rings. The highest BCUT2D eigenvalue weighted by molar-refractivity contribution is 6.30. The third-order valence-electron chi connectivity index (χ3n) is 3.88. The van der Waals surface area contributed by atoms with E-state index in [2.05, 4.69) is 4.90 Å². The average molecular weight is 341 g/mol. The SMILES string of the molecule is Cc1cc(Cl)ccc1OCC(=O)N1CCO[C@@H](CCN(C)C)C1. The number of rotatable bonds is 6. The van der Waals surface area contributed by atoms with E-state index in [1.807, 2.05) is 32.0 Å². The number of hydrogen-bond donors (Lipinski definition) is 0. The maximum Gasteiger partial charge on any atom is 0.260 e. The van der Waals surface area contributed by atoms with Gasteiger partial charge in [-0.2, -0.15) is 0 Å². The summed E-state index contributed by atoms with van der Waals surface area (Å²) < 4.78 is 11.4. The second-order valence-electron chi connectivity index (χ2n) is 6.12. The second kappa shape index (κ2) is 8.52. The van der Waals surface area contributed by atoms with Crippen molar-refractivity contribution in [2.75, 3.05) is 46.9 Å². The molecule has 5 nitrogen and oxygen atoms in total. The fourth-order valence-electron chi connectivity index (χ4n) is 2.53. The highest BCUT2D eigenvalue weighted by Crippen LogP contribution is 2.22. The molecule has 6 heteroatoms. The highest BCUT2D eigenvalue weighted by Gasteiger charge is 2.24. The standard InChI is InChI=1S/C17H25ClN2O3/c1-13-10-14(18)4-5-16(13)23-12-17(21)20-8-9-22-15(11-20)6-7-19(2)3/h4-5,10,15H,6-9,11-12H2,1-3H3/t15-/m0/s1. The molecule has 0 spiro atoms. The molecule has 1 amide bonds. The van der Waals surface area contributed by atoms with Crippen molar-refractivity contribution in [3.05, 3.63) is 28.8 Å². The number of aryl methyl sites for hydroxylation is 1. The minimum absolute atomic E-state index is 0.00231. The van der Waals surface area contributed by atoms with Crippen molar-refractivity contribution in [1.82, 2.24) is 9.80 Å².